The molecule has 2 atom stereocenters. The Kier molecular flexibility index (Phi) is 8.66. The maximum atomic E-state index is 13.9. The first-order valence-corrected chi connectivity index (χ1v) is 18.6. The molecular formula is C38H37NO3SSi. The van der Waals surface area contributed by atoms with Crippen LogP contribution in [0.15, 0.2) is 150 Å². The number of aryl methyl sites for hydroxylation is 1. The van der Waals surface area contributed by atoms with Crippen LogP contribution in [-0.2, 0) is 14.4 Å². The van der Waals surface area contributed by atoms with E-state index in [0.29, 0.717) is 0 Å². The van der Waals surface area contributed by atoms with Crippen molar-refractivity contribution < 1.29 is 12.8 Å². The molecule has 0 aliphatic carbocycles. The Balaban J connectivity index is 1.54. The van der Waals surface area contributed by atoms with Crippen molar-refractivity contribution in [3.63, 3.8) is 0 Å². The number of rotatable bonds is 10. The fraction of sp³-hybridized carbons (Fsp3) is 0.158. The van der Waals surface area contributed by atoms with Gasteiger partial charge in [0.15, 0.2) is 0 Å². The normalized spacial score (nSPS) is 15.4. The average Bonchev–Trinajstić information content (AvgIpc) is 3.07. The summed E-state index contributed by atoms with van der Waals surface area (Å²) in [5.74, 6) is 0.556. The second kappa shape index (κ2) is 12.8. The minimum absolute atomic E-state index is 0.250. The summed E-state index contributed by atoms with van der Waals surface area (Å²) < 4.78 is 38.5. The maximum absolute atomic E-state index is 13.9. The topological polar surface area (TPSA) is 55.4 Å². The average molecular weight is 616 g/mol. The Labute approximate surface area is 262 Å². The van der Waals surface area contributed by atoms with E-state index >= 15 is 0 Å². The fourth-order valence-corrected chi connectivity index (χ4v) is 11.6. The third-order valence-corrected chi connectivity index (χ3v) is 13.9. The largest absolute Gasteiger partial charge is 0.533 e. The first-order valence-electron chi connectivity index (χ1n) is 15.2. The molecule has 0 spiro atoms. The molecule has 222 valence electrons. The first kappa shape index (κ1) is 29.8. The van der Waals surface area contributed by atoms with Gasteiger partial charge in [-0.05, 0) is 58.2 Å². The molecule has 0 fully saturated rings. The van der Waals surface area contributed by atoms with Crippen molar-refractivity contribution in [2.75, 3.05) is 0 Å². The molecule has 6 rings (SSSR count). The number of sulfonamides is 1. The highest BCUT2D eigenvalue weighted by Gasteiger charge is 2.49. The van der Waals surface area contributed by atoms with E-state index in [0.717, 1.165) is 45.7 Å². The molecule has 0 saturated heterocycles. The zero-order valence-electron chi connectivity index (χ0n) is 25.1. The van der Waals surface area contributed by atoms with Crippen LogP contribution in [0.25, 0.3) is 6.08 Å². The van der Waals surface area contributed by atoms with E-state index in [1.165, 1.54) is 5.19 Å². The number of nitrogens with one attached hydrogen (secondary N) is 1. The van der Waals surface area contributed by atoms with Crippen LogP contribution in [0.1, 0.15) is 42.5 Å². The standard InChI is InChI=1S/C38H37NO3SSi/c1-3-15-35(38(30-16-7-4-8-17-30)39-43(40,41)32-26-24-29(2)25-27-32)36-28-31-18-13-14-23-37(31)44(42-36,33-19-9-5-10-20-33)34-21-11-6-12-22-34/h4-14,16-28,35,38-39H,3,15H2,1-2H3/t35-,38+/m0/s1. The van der Waals surface area contributed by atoms with Gasteiger partial charge in [0, 0.05) is 5.92 Å². The van der Waals surface area contributed by atoms with Crippen molar-refractivity contribution in [2.45, 2.75) is 37.6 Å². The third-order valence-electron chi connectivity index (χ3n) is 8.41. The van der Waals surface area contributed by atoms with E-state index in [1.807, 2.05) is 61.5 Å². The molecule has 1 N–H and O–H groups in total. The molecule has 1 heterocycles. The van der Waals surface area contributed by atoms with Crippen molar-refractivity contribution >= 4 is 40.0 Å². The van der Waals surface area contributed by atoms with Gasteiger partial charge in [0.25, 0.3) is 0 Å². The molecule has 0 radical (unpaired) electrons. The van der Waals surface area contributed by atoms with Crippen LogP contribution in [0.2, 0.25) is 0 Å². The lowest BCUT2D eigenvalue weighted by molar-refractivity contribution is 0.298. The van der Waals surface area contributed by atoms with Gasteiger partial charge in [0.1, 0.15) is 0 Å². The van der Waals surface area contributed by atoms with Crippen molar-refractivity contribution in [2.24, 2.45) is 5.92 Å². The summed E-state index contributed by atoms with van der Waals surface area (Å²) in [5, 5.41) is 3.49. The minimum atomic E-state index is -3.84. The number of hydrogen-bond acceptors (Lipinski definition) is 3. The van der Waals surface area contributed by atoms with Crippen molar-refractivity contribution in [3.8, 4) is 0 Å². The lowest BCUT2D eigenvalue weighted by atomic mass is 9.87. The Bertz CT molecular complexity index is 1800. The van der Waals surface area contributed by atoms with Gasteiger partial charge in [-0.1, -0.05) is 146 Å². The Hall–Kier alpha value is -4.23. The van der Waals surface area contributed by atoms with Crippen molar-refractivity contribution in [1.29, 1.82) is 0 Å². The van der Waals surface area contributed by atoms with Crippen LogP contribution >= 0.6 is 0 Å². The second-order valence-electron chi connectivity index (χ2n) is 11.4. The molecule has 44 heavy (non-hydrogen) atoms. The van der Waals surface area contributed by atoms with E-state index < -0.39 is 24.4 Å². The second-order valence-corrected chi connectivity index (χ2v) is 16.3. The SMILES string of the molecule is CCC[C@@H](C1=Cc2ccccc2[Si](c2ccccc2)(c2ccccc2)O1)[C@H](NS(=O)(=O)c1ccc(C)cc1)c1ccccc1. The third kappa shape index (κ3) is 5.81. The van der Waals surface area contributed by atoms with Crippen molar-refractivity contribution in [1.82, 2.24) is 4.72 Å². The van der Waals surface area contributed by atoms with Gasteiger partial charge in [-0.15, -0.1) is 0 Å². The minimum Gasteiger partial charge on any atom is -0.533 e. The molecule has 1 aliphatic heterocycles. The summed E-state index contributed by atoms with van der Waals surface area (Å²) in [6.07, 6.45) is 3.73. The van der Waals surface area contributed by atoms with Gasteiger partial charge >= 0.3 is 8.32 Å². The van der Waals surface area contributed by atoms with Gasteiger partial charge in [-0.2, -0.15) is 0 Å². The van der Waals surface area contributed by atoms with Crippen LogP contribution in [0.4, 0.5) is 0 Å². The van der Waals surface area contributed by atoms with E-state index in [1.54, 1.807) is 12.1 Å². The molecule has 5 aromatic rings. The zero-order valence-corrected chi connectivity index (χ0v) is 26.9. The molecule has 0 unspecified atom stereocenters. The molecule has 0 bridgehead atoms. The summed E-state index contributed by atoms with van der Waals surface area (Å²) in [7, 11) is -6.87. The van der Waals surface area contributed by atoms with E-state index in [4.69, 9.17) is 4.43 Å². The maximum Gasteiger partial charge on any atom is 0.347 e. The van der Waals surface area contributed by atoms with Gasteiger partial charge in [0.05, 0.1) is 16.7 Å². The van der Waals surface area contributed by atoms with E-state index in [2.05, 4.69) is 90.5 Å². The quantitative estimate of drug-likeness (QED) is 0.183. The Morgan fingerprint density at radius 1 is 0.705 bits per heavy atom. The fourth-order valence-electron chi connectivity index (χ4n) is 6.26. The lowest BCUT2D eigenvalue weighted by Gasteiger charge is -2.42. The predicted octanol–water partition coefficient (Wildman–Crippen LogP) is 6.47. The molecule has 5 aromatic carbocycles. The Morgan fingerprint density at radius 3 is 1.84 bits per heavy atom. The van der Waals surface area contributed by atoms with Crippen LogP contribution in [0.3, 0.4) is 0 Å². The van der Waals surface area contributed by atoms with Gasteiger partial charge < -0.3 is 4.43 Å². The van der Waals surface area contributed by atoms with Gasteiger partial charge in [0.2, 0.25) is 10.0 Å². The van der Waals surface area contributed by atoms with Gasteiger partial charge in [-0.3, -0.25) is 0 Å². The van der Waals surface area contributed by atoms with Crippen LogP contribution < -0.4 is 20.3 Å². The van der Waals surface area contributed by atoms with E-state index in [9.17, 15) is 8.42 Å². The Morgan fingerprint density at radius 2 is 1.25 bits per heavy atom. The first-order chi connectivity index (χ1) is 21.4. The van der Waals surface area contributed by atoms with Crippen LogP contribution in [0, 0.1) is 12.8 Å². The summed E-state index contributed by atoms with van der Waals surface area (Å²) in [5.41, 5.74) is 3.02. The van der Waals surface area contributed by atoms with Crippen molar-refractivity contribution in [3.05, 3.63) is 162 Å². The lowest BCUT2D eigenvalue weighted by Crippen LogP contribution is -2.71. The zero-order chi connectivity index (χ0) is 30.6. The molecule has 1 aliphatic rings. The van der Waals surface area contributed by atoms with Crippen LogP contribution in [-0.4, -0.2) is 16.7 Å². The number of fused-ring (bicyclic) bond motifs is 1. The van der Waals surface area contributed by atoms with E-state index in [-0.39, 0.29) is 10.8 Å². The van der Waals surface area contributed by atoms with Gasteiger partial charge in [-0.25, -0.2) is 13.1 Å². The molecule has 6 heteroatoms. The molecule has 4 nitrogen and oxygen atoms in total. The molecule has 0 aromatic heterocycles. The smallest absolute Gasteiger partial charge is 0.347 e. The highest BCUT2D eigenvalue weighted by atomic mass is 32.2. The summed E-state index contributed by atoms with van der Waals surface area (Å²) in [6.45, 7) is 4.09. The molecule has 0 amide bonds. The summed E-state index contributed by atoms with van der Waals surface area (Å²) in [6, 6.07) is 45.9. The summed E-state index contributed by atoms with van der Waals surface area (Å²) in [4.78, 5) is 0.250. The van der Waals surface area contributed by atoms with Crippen LogP contribution in [0.5, 0.6) is 0 Å². The highest BCUT2D eigenvalue weighted by molar-refractivity contribution is 7.89. The number of benzene rings is 5. The monoisotopic (exact) mass is 615 g/mol. The summed E-state index contributed by atoms with van der Waals surface area (Å²) >= 11 is 0. The predicted molar refractivity (Wildman–Crippen MR) is 182 cm³/mol. The highest BCUT2D eigenvalue weighted by Crippen LogP contribution is 2.38. The number of hydrogen-bond donors (Lipinski definition) is 1. The molecular weight excluding hydrogens is 579 g/mol. The molecule has 0 saturated carbocycles.